The van der Waals surface area contributed by atoms with Crippen molar-refractivity contribution in [3.63, 3.8) is 0 Å². The van der Waals surface area contributed by atoms with Gasteiger partial charge in [0.05, 0.1) is 5.92 Å². The van der Waals surface area contributed by atoms with Crippen molar-refractivity contribution in [2.45, 2.75) is 30.2 Å². The molecular formula is C10H13N3O6S. The number of carbonyl (C=O) groups is 1. The molecule has 4 N–H and O–H groups in total. The van der Waals surface area contributed by atoms with E-state index in [-0.39, 0.29) is 6.42 Å². The number of rotatable bonds is 4. The van der Waals surface area contributed by atoms with Crippen LogP contribution in [0.3, 0.4) is 0 Å². The molecule has 0 aromatic carbocycles. The average Bonchev–Trinajstić information content (AvgIpc) is 2.76. The first-order valence-corrected chi connectivity index (χ1v) is 7.35. The van der Waals surface area contributed by atoms with Crippen LogP contribution in [0.5, 0.6) is 0 Å². The monoisotopic (exact) mass is 303 g/mol. The summed E-state index contributed by atoms with van der Waals surface area (Å²) in [7, 11) is -4.10. The highest BCUT2D eigenvalue weighted by atomic mass is 32.2. The summed E-state index contributed by atoms with van der Waals surface area (Å²) in [6.07, 6.45) is 1.75. The molecule has 2 rings (SSSR count). The highest BCUT2D eigenvalue weighted by molar-refractivity contribution is 7.89. The lowest BCUT2D eigenvalue weighted by Gasteiger charge is -2.12. The SMILES string of the molecule is O=C(O)[C@@H]1CC[C@H](NS(=O)(=O)c2c[nH]c(=O)[nH]c2=O)C1. The first-order chi connectivity index (χ1) is 9.29. The molecule has 110 valence electrons. The number of hydrogen-bond acceptors (Lipinski definition) is 5. The summed E-state index contributed by atoms with van der Waals surface area (Å²) < 4.78 is 26.3. The predicted molar refractivity (Wildman–Crippen MR) is 66.8 cm³/mol. The van der Waals surface area contributed by atoms with E-state index in [0.717, 1.165) is 6.20 Å². The average molecular weight is 303 g/mol. The van der Waals surface area contributed by atoms with E-state index in [2.05, 4.69) is 9.71 Å². The smallest absolute Gasteiger partial charge is 0.325 e. The highest BCUT2D eigenvalue weighted by Crippen LogP contribution is 2.26. The lowest BCUT2D eigenvalue weighted by molar-refractivity contribution is -0.141. The van der Waals surface area contributed by atoms with E-state index in [0.29, 0.717) is 12.8 Å². The zero-order chi connectivity index (χ0) is 14.9. The standard InChI is InChI=1S/C10H13N3O6S/c14-8-7(4-11-10(17)12-8)20(18,19)13-6-2-1-5(3-6)9(15)16/h4-6,13H,1-3H2,(H,15,16)(H2,11,12,14,17)/t5-,6+/m1/s1. The van der Waals surface area contributed by atoms with Crippen LogP contribution >= 0.6 is 0 Å². The summed E-state index contributed by atoms with van der Waals surface area (Å²) >= 11 is 0. The summed E-state index contributed by atoms with van der Waals surface area (Å²) in [5.41, 5.74) is -1.82. The number of hydrogen-bond donors (Lipinski definition) is 4. The molecule has 0 amide bonds. The second kappa shape index (κ2) is 5.21. The summed E-state index contributed by atoms with van der Waals surface area (Å²) in [6.45, 7) is 0. The van der Waals surface area contributed by atoms with Crippen LogP contribution in [0.25, 0.3) is 0 Å². The minimum atomic E-state index is -4.10. The molecule has 0 radical (unpaired) electrons. The Balaban J connectivity index is 2.18. The van der Waals surface area contributed by atoms with E-state index >= 15 is 0 Å². The van der Waals surface area contributed by atoms with Crippen molar-refractivity contribution >= 4 is 16.0 Å². The maximum absolute atomic E-state index is 12.0. The number of aliphatic carboxylic acids is 1. The van der Waals surface area contributed by atoms with Gasteiger partial charge in [0, 0.05) is 12.2 Å². The van der Waals surface area contributed by atoms with Gasteiger partial charge in [0.2, 0.25) is 10.0 Å². The van der Waals surface area contributed by atoms with Crippen LogP contribution in [0.1, 0.15) is 19.3 Å². The van der Waals surface area contributed by atoms with E-state index in [9.17, 15) is 22.8 Å². The molecule has 10 heteroatoms. The molecule has 0 spiro atoms. The van der Waals surface area contributed by atoms with E-state index in [4.69, 9.17) is 5.11 Å². The van der Waals surface area contributed by atoms with Crippen LogP contribution in [0.4, 0.5) is 0 Å². The Labute approximate surface area is 113 Å². The van der Waals surface area contributed by atoms with Crippen LogP contribution in [-0.2, 0) is 14.8 Å². The number of nitrogens with one attached hydrogen (secondary N) is 3. The third-order valence-electron chi connectivity index (χ3n) is 3.18. The third kappa shape index (κ3) is 2.96. The van der Waals surface area contributed by atoms with Crippen molar-refractivity contribution in [3.8, 4) is 0 Å². The van der Waals surface area contributed by atoms with Gasteiger partial charge in [-0.25, -0.2) is 17.9 Å². The van der Waals surface area contributed by atoms with E-state index < -0.39 is 44.1 Å². The Hall–Kier alpha value is -1.94. The Morgan fingerprint density at radius 2 is 2.05 bits per heavy atom. The Morgan fingerprint density at radius 1 is 1.35 bits per heavy atom. The molecule has 0 unspecified atom stereocenters. The lowest BCUT2D eigenvalue weighted by atomic mass is 10.1. The van der Waals surface area contributed by atoms with Crippen molar-refractivity contribution in [2.24, 2.45) is 5.92 Å². The summed E-state index contributed by atoms with van der Waals surface area (Å²) in [6, 6.07) is -0.535. The molecule has 9 nitrogen and oxygen atoms in total. The van der Waals surface area contributed by atoms with Crippen molar-refractivity contribution in [1.29, 1.82) is 0 Å². The van der Waals surface area contributed by atoms with E-state index in [1.807, 2.05) is 4.98 Å². The molecule has 1 aromatic rings. The second-order valence-corrected chi connectivity index (χ2v) is 6.29. The first kappa shape index (κ1) is 14.5. The van der Waals surface area contributed by atoms with Crippen molar-refractivity contribution < 1.29 is 18.3 Å². The minimum Gasteiger partial charge on any atom is -0.481 e. The molecular weight excluding hydrogens is 290 g/mol. The zero-order valence-electron chi connectivity index (χ0n) is 10.3. The molecule has 1 aliphatic rings. The molecule has 1 saturated carbocycles. The van der Waals surface area contributed by atoms with Crippen LogP contribution in [0, 0.1) is 5.92 Å². The molecule has 0 saturated heterocycles. The van der Waals surface area contributed by atoms with Crippen LogP contribution in [-0.4, -0.2) is 35.5 Å². The molecule has 20 heavy (non-hydrogen) atoms. The Bertz CT molecular complexity index is 734. The Morgan fingerprint density at radius 3 is 2.60 bits per heavy atom. The normalized spacial score (nSPS) is 22.8. The summed E-state index contributed by atoms with van der Waals surface area (Å²) in [5.74, 6) is -1.55. The van der Waals surface area contributed by atoms with Crippen molar-refractivity contribution in [2.75, 3.05) is 0 Å². The van der Waals surface area contributed by atoms with E-state index in [1.54, 1.807) is 0 Å². The van der Waals surface area contributed by atoms with Gasteiger partial charge in [0.1, 0.15) is 0 Å². The second-order valence-electron chi connectivity index (χ2n) is 4.60. The number of carboxylic acids is 1. The van der Waals surface area contributed by atoms with Crippen molar-refractivity contribution in [3.05, 3.63) is 27.0 Å². The fourth-order valence-corrected chi connectivity index (χ4v) is 3.48. The highest BCUT2D eigenvalue weighted by Gasteiger charge is 2.33. The van der Waals surface area contributed by atoms with Gasteiger partial charge in [-0.1, -0.05) is 0 Å². The molecule has 0 aliphatic heterocycles. The molecule has 1 aliphatic carbocycles. The molecule has 0 bridgehead atoms. The predicted octanol–water partition coefficient (Wildman–Crippen LogP) is -1.41. The Kier molecular flexibility index (Phi) is 3.77. The number of aromatic amines is 2. The first-order valence-electron chi connectivity index (χ1n) is 5.87. The van der Waals surface area contributed by atoms with Gasteiger partial charge in [-0.05, 0) is 19.3 Å². The fraction of sp³-hybridized carbons (Fsp3) is 0.500. The van der Waals surface area contributed by atoms with Gasteiger partial charge in [0.15, 0.2) is 4.90 Å². The number of H-pyrrole nitrogens is 2. The summed E-state index contributed by atoms with van der Waals surface area (Å²) in [4.78, 5) is 36.4. The summed E-state index contributed by atoms with van der Waals surface area (Å²) in [5, 5.41) is 8.85. The molecule has 1 aromatic heterocycles. The lowest BCUT2D eigenvalue weighted by Crippen LogP contribution is -2.38. The van der Waals surface area contributed by atoms with Crippen LogP contribution < -0.4 is 16.0 Å². The number of carboxylic acid groups (broad SMARTS) is 1. The van der Waals surface area contributed by atoms with Gasteiger partial charge in [-0.15, -0.1) is 0 Å². The van der Waals surface area contributed by atoms with Crippen LogP contribution in [0.15, 0.2) is 20.7 Å². The van der Waals surface area contributed by atoms with Gasteiger partial charge in [-0.2, -0.15) is 0 Å². The third-order valence-corrected chi connectivity index (χ3v) is 4.70. The maximum Gasteiger partial charge on any atom is 0.325 e. The number of aromatic nitrogens is 2. The minimum absolute atomic E-state index is 0.176. The van der Waals surface area contributed by atoms with Gasteiger partial charge >= 0.3 is 11.7 Å². The van der Waals surface area contributed by atoms with E-state index in [1.165, 1.54) is 0 Å². The van der Waals surface area contributed by atoms with Gasteiger partial charge in [0.25, 0.3) is 5.56 Å². The van der Waals surface area contributed by atoms with Gasteiger partial charge in [-0.3, -0.25) is 14.6 Å². The maximum atomic E-state index is 12.0. The quantitative estimate of drug-likeness (QED) is 0.537. The fourth-order valence-electron chi connectivity index (χ4n) is 2.19. The number of sulfonamides is 1. The molecule has 1 fully saturated rings. The topological polar surface area (TPSA) is 149 Å². The molecule has 1 heterocycles. The van der Waals surface area contributed by atoms with Gasteiger partial charge < -0.3 is 10.1 Å². The molecule has 2 atom stereocenters. The largest absolute Gasteiger partial charge is 0.481 e. The zero-order valence-corrected chi connectivity index (χ0v) is 11.1. The van der Waals surface area contributed by atoms with Crippen molar-refractivity contribution in [1.82, 2.24) is 14.7 Å². The van der Waals surface area contributed by atoms with Crippen LogP contribution in [0.2, 0.25) is 0 Å².